The summed E-state index contributed by atoms with van der Waals surface area (Å²) < 4.78 is 5.46. The van der Waals surface area contributed by atoms with Gasteiger partial charge in [-0.25, -0.2) is 0 Å². The maximum absolute atomic E-state index is 8.76. The first-order valence-corrected chi connectivity index (χ1v) is 5.39. The van der Waals surface area contributed by atoms with Crippen LogP contribution in [0.3, 0.4) is 0 Å². The highest BCUT2D eigenvalue weighted by molar-refractivity contribution is 6.31. The highest BCUT2D eigenvalue weighted by Crippen LogP contribution is 2.27. The third-order valence-electron chi connectivity index (χ3n) is 2.21. The van der Waals surface area contributed by atoms with Crippen molar-refractivity contribution in [3.63, 3.8) is 0 Å². The molecule has 0 fully saturated rings. The van der Waals surface area contributed by atoms with E-state index >= 15 is 0 Å². The van der Waals surface area contributed by atoms with E-state index in [2.05, 4.69) is 4.98 Å². The number of pyridine rings is 1. The van der Waals surface area contributed by atoms with E-state index in [1.807, 2.05) is 25.1 Å². The number of aromatic nitrogens is 1. The van der Waals surface area contributed by atoms with Crippen molar-refractivity contribution in [3.05, 3.63) is 35.0 Å². The summed E-state index contributed by atoms with van der Waals surface area (Å²) in [7, 11) is 0. The average molecular weight is 238 g/mol. The molecule has 0 saturated carbocycles. The summed E-state index contributed by atoms with van der Waals surface area (Å²) >= 11 is 5.93. The number of aryl methyl sites for hydroxylation is 1. The van der Waals surface area contributed by atoms with Crippen LogP contribution in [0.4, 0.5) is 0 Å². The van der Waals surface area contributed by atoms with Crippen LogP contribution in [0, 0.1) is 6.92 Å². The molecular formula is C12H12ClNO2. The van der Waals surface area contributed by atoms with Gasteiger partial charge in [-0.1, -0.05) is 11.6 Å². The van der Waals surface area contributed by atoms with Crippen LogP contribution in [0.15, 0.2) is 24.3 Å². The highest BCUT2D eigenvalue weighted by atomic mass is 35.5. The maximum Gasteiger partial charge on any atom is 0.130 e. The molecule has 4 heteroatoms. The molecule has 0 unspecified atom stereocenters. The van der Waals surface area contributed by atoms with E-state index in [-0.39, 0.29) is 13.2 Å². The topological polar surface area (TPSA) is 42.4 Å². The molecule has 1 N–H and O–H groups in total. The third kappa shape index (κ3) is 2.26. The van der Waals surface area contributed by atoms with Gasteiger partial charge in [-0.15, -0.1) is 0 Å². The molecule has 1 heterocycles. The van der Waals surface area contributed by atoms with Gasteiger partial charge >= 0.3 is 0 Å². The first-order valence-electron chi connectivity index (χ1n) is 5.01. The quantitative estimate of drug-likeness (QED) is 0.892. The Morgan fingerprint density at radius 3 is 2.94 bits per heavy atom. The Kier molecular flexibility index (Phi) is 3.27. The van der Waals surface area contributed by atoms with Crippen molar-refractivity contribution >= 4 is 22.5 Å². The second-order valence-electron chi connectivity index (χ2n) is 3.50. The molecule has 1 aromatic heterocycles. The third-order valence-corrected chi connectivity index (χ3v) is 2.44. The van der Waals surface area contributed by atoms with E-state index < -0.39 is 0 Å². The van der Waals surface area contributed by atoms with Gasteiger partial charge < -0.3 is 9.84 Å². The molecule has 0 spiro atoms. The average Bonchev–Trinajstić information content (AvgIpc) is 2.26. The van der Waals surface area contributed by atoms with E-state index in [0.29, 0.717) is 10.8 Å². The van der Waals surface area contributed by atoms with Crippen molar-refractivity contribution in [1.82, 2.24) is 4.98 Å². The normalized spacial score (nSPS) is 10.7. The summed E-state index contributed by atoms with van der Waals surface area (Å²) in [6.07, 6.45) is 0. The lowest BCUT2D eigenvalue weighted by atomic mass is 10.2. The van der Waals surface area contributed by atoms with Crippen molar-refractivity contribution in [2.75, 3.05) is 13.2 Å². The van der Waals surface area contributed by atoms with E-state index in [1.54, 1.807) is 6.07 Å². The van der Waals surface area contributed by atoms with Gasteiger partial charge in [-0.2, -0.15) is 0 Å². The lowest BCUT2D eigenvalue weighted by molar-refractivity contribution is 0.202. The Hall–Kier alpha value is -1.32. The molecule has 0 aliphatic carbocycles. The summed E-state index contributed by atoms with van der Waals surface area (Å²) in [5.74, 6) is 0.707. The fourth-order valence-corrected chi connectivity index (χ4v) is 1.74. The first kappa shape index (κ1) is 11.2. The van der Waals surface area contributed by atoms with Gasteiger partial charge in [-0.3, -0.25) is 4.98 Å². The van der Waals surface area contributed by atoms with Crippen LogP contribution in [0.5, 0.6) is 5.75 Å². The summed E-state index contributed by atoms with van der Waals surface area (Å²) in [5, 5.41) is 10.3. The van der Waals surface area contributed by atoms with Crippen LogP contribution < -0.4 is 4.74 Å². The number of rotatable bonds is 3. The predicted molar refractivity (Wildman–Crippen MR) is 64.1 cm³/mol. The highest BCUT2D eigenvalue weighted by Gasteiger charge is 2.05. The molecule has 0 bridgehead atoms. The molecule has 2 aromatic rings. The van der Waals surface area contributed by atoms with E-state index in [4.69, 9.17) is 21.4 Å². The number of ether oxygens (including phenoxy) is 1. The Morgan fingerprint density at radius 2 is 2.19 bits per heavy atom. The minimum atomic E-state index is -0.0105. The molecule has 0 aliphatic heterocycles. The molecule has 1 aromatic carbocycles. The van der Waals surface area contributed by atoms with Crippen molar-refractivity contribution in [2.45, 2.75) is 6.92 Å². The van der Waals surface area contributed by atoms with Crippen LogP contribution in [-0.4, -0.2) is 23.3 Å². The van der Waals surface area contributed by atoms with Crippen LogP contribution in [-0.2, 0) is 0 Å². The summed E-state index contributed by atoms with van der Waals surface area (Å²) in [4.78, 5) is 4.38. The van der Waals surface area contributed by atoms with E-state index in [1.165, 1.54) is 0 Å². The van der Waals surface area contributed by atoms with Crippen LogP contribution >= 0.6 is 11.6 Å². The van der Waals surface area contributed by atoms with Crippen molar-refractivity contribution < 1.29 is 9.84 Å². The smallest absolute Gasteiger partial charge is 0.130 e. The van der Waals surface area contributed by atoms with Gasteiger partial charge in [-0.05, 0) is 25.1 Å². The van der Waals surface area contributed by atoms with Crippen LogP contribution in [0.2, 0.25) is 5.02 Å². The minimum absolute atomic E-state index is 0.0105. The lowest BCUT2D eigenvalue weighted by Crippen LogP contribution is -2.02. The second-order valence-corrected chi connectivity index (χ2v) is 3.93. The number of hydrogen-bond acceptors (Lipinski definition) is 3. The number of aliphatic hydroxyl groups is 1. The van der Waals surface area contributed by atoms with E-state index in [9.17, 15) is 0 Å². The van der Waals surface area contributed by atoms with Gasteiger partial charge in [0.2, 0.25) is 0 Å². The Bertz CT molecular complexity index is 514. The summed E-state index contributed by atoms with van der Waals surface area (Å²) in [6.45, 7) is 2.16. The number of nitrogens with zero attached hydrogens (tertiary/aromatic N) is 1. The van der Waals surface area contributed by atoms with Gasteiger partial charge in [0.05, 0.1) is 12.1 Å². The number of fused-ring (bicyclic) bond motifs is 1. The maximum atomic E-state index is 8.76. The van der Waals surface area contributed by atoms with Crippen molar-refractivity contribution in [3.8, 4) is 5.75 Å². The second kappa shape index (κ2) is 4.68. The van der Waals surface area contributed by atoms with E-state index in [0.717, 1.165) is 16.6 Å². The molecule has 0 radical (unpaired) electrons. The van der Waals surface area contributed by atoms with Gasteiger partial charge in [0.15, 0.2) is 0 Å². The standard InChI is InChI=1S/C12H12ClNO2/c1-8-6-12(16-5-4-15)10-7-9(13)2-3-11(10)14-8/h2-3,6-7,15H,4-5H2,1H3. The number of hydrogen-bond donors (Lipinski definition) is 1. The zero-order chi connectivity index (χ0) is 11.5. The minimum Gasteiger partial charge on any atom is -0.490 e. The van der Waals surface area contributed by atoms with Gasteiger partial charge in [0, 0.05) is 22.2 Å². The number of halogens is 1. The molecule has 3 nitrogen and oxygen atoms in total. The Morgan fingerprint density at radius 1 is 1.38 bits per heavy atom. The van der Waals surface area contributed by atoms with Gasteiger partial charge in [0.25, 0.3) is 0 Å². The molecule has 16 heavy (non-hydrogen) atoms. The molecule has 0 aliphatic rings. The van der Waals surface area contributed by atoms with Crippen LogP contribution in [0.1, 0.15) is 5.69 Å². The zero-order valence-corrected chi connectivity index (χ0v) is 9.66. The Balaban J connectivity index is 2.55. The number of benzene rings is 1. The van der Waals surface area contributed by atoms with Crippen molar-refractivity contribution in [2.24, 2.45) is 0 Å². The zero-order valence-electron chi connectivity index (χ0n) is 8.90. The Labute approximate surface area is 98.6 Å². The molecule has 0 saturated heterocycles. The first-order chi connectivity index (χ1) is 7.70. The SMILES string of the molecule is Cc1cc(OCCO)c2cc(Cl)ccc2n1. The molecular weight excluding hydrogens is 226 g/mol. The molecule has 2 rings (SSSR count). The summed E-state index contributed by atoms with van der Waals surface area (Å²) in [5.41, 5.74) is 1.72. The fraction of sp³-hybridized carbons (Fsp3) is 0.250. The largest absolute Gasteiger partial charge is 0.490 e. The summed E-state index contributed by atoms with van der Waals surface area (Å²) in [6, 6.07) is 7.31. The number of aliphatic hydroxyl groups excluding tert-OH is 1. The van der Waals surface area contributed by atoms with Crippen LogP contribution in [0.25, 0.3) is 10.9 Å². The monoisotopic (exact) mass is 237 g/mol. The predicted octanol–water partition coefficient (Wildman–Crippen LogP) is 2.57. The lowest BCUT2D eigenvalue weighted by Gasteiger charge is -2.09. The fourth-order valence-electron chi connectivity index (χ4n) is 1.57. The van der Waals surface area contributed by atoms with Crippen molar-refractivity contribution in [1.29, 1.82) is 0 Å². The molecule has 0 atom stereocenters. The van der Waals surface area contributed by atoms with Gasteiger partial charge in [0.1, 0.15) is 12.4 Å². The molecule has 84 valence electrons. The molecule has 0 amide bonds.